The molecule has 2 aromatic heterocycles. The Morgan fingerprint density at radius 3 is 2.89 bits per heavy atom. The third-order valence-electron chi connectivity index (χ3n) is 2.21. The van der Waals surface area contributed by atoms with Crippen molar-refractivity contribution in [2.45, 2.75) is 17.5 Å². The number of ether oxygens (including phenoxy) is 1. The fraction of sp³-hybridized carbons (Fsp3) is 0.273. The lowest BCUT2D eigenvalue weighted by atomic mass is 10.2. The number of carbonyl (C=O) groups is 1. The van der Waals surface area contributed by atoms with Crippen LogP contribution >= 0.6 is 11.8 Å². The number of hydrogen-bond donors (Lipinski definition) is 1. The molecule has 8 heteroatoms. The molecule has 7 nitrogen and oxygen atoms in total. The van der Waals surface area contributed by atoms with Crippen molar-refractivity contribution in [3.8, 4) is 0 Å². The predicted octanol–water partition coefficient (Wildman–Crippen LogP) is 1.00. The van der Waals surface area contributed by atoms with Gasteiger partial charge < -0.3 is 14.9 Å². The molecule has 0 saturated heterocycles. The summed E-state index contributed by atoms with van der Waals surface area (Å²) in [5, 5.41) is 8.02. The van der Waals surface area contributed by atoms with E-state index in [1.165, 1.54) is 25.1 Å². The zero-order valence-corrected chi connectivity index (χ0v) is 11.0. The maximum absolute atomic E-state index is 11.2. The van der Waals surface area contributed by atoms with Gasteiger partial charge in [-0.3, -0.25) is 4.98 Å². The number of methoxy groups -OCH3 is 1. The van der Waals surface area contributed by atoms with Crippen LogP contribution in [0, 0.1) is 0 Å². The smallest absolute Gasteiger partial charge is 0.339 e. The van der Waals surface area contributed by atoms with Crippen LogP contribution in [0.15, 0.2) is 28.0 Å². The summed E-state index contributed by atoms with van der Waals surface area (Å²) in [6.45, 7) is 0.222. The molecule has 19 heavy (non-hydrogen) atoms. The second kappa shape index (κ2) is 6.30. The molecule has 0 unspecified atom stereocenters. The average molecular weight is 280 g/mol. The molecule has 0 fully saturated rings. The second-order valence-corrected chi connectivity index (χ2v) is 4.41. The minimum absolute atomic E-state index is 0.222. The third kappa shape index (κ3) is 3.52. The summed E-state index contributed by atoms with van der Waals surface area (Å²) in [7, 11) is 1.33. The molecule has 0 atom stereocenters. The van der Waals surface area contributed by atoms with E-state index in [0.29, 0.717) is 22.4 Å². The third-order valence-corrected chi connectivity index (χ3v) is 3.06. The Hall–Kier alpha value is -1.93. The largest absolute Gasteiger partial charge is 0.465 e. The average Bonchev–Trinajstić information content (AvgIpc) is 2.93. The topological polar surface area (TPSA) is 104 Å². The van der Waals surface area contributed by atoms with Crippen LogP contribution in [-0.4, -0.2) is 28.3 Å². The molecule has 0 aromatic carbocycles. The molecule has 2 rings (SSSR count). The summed E-state index contributed by atoms with van der Waals surface area (Å²) in [6, 6.07) is 3.41. The van der Waals surface area contributed by atoms with Gasteiger partial charge in [0.05, 0.1) is 24.9 Å². The summed E-state index contributed by atoms with van der Waals surface area (Å²) in [5.74, 6) is 0.556. The number of aromatic nitrogens is 3. The first-order valence-electron chi connectivity index (χ1n) is 5.41. The molecule has 0 bridgehead atoms. The standard InChI is InChI=1S/C11H12N4O3S/c1-17-10(16)7-2-3-8(13-5-7)6-19-11-15-14-9(4-12)18-11/h2-3,5H,4,6,12H2,1H3. The van der Waals surface area contributed by atoms with Gasteiger partial charge in [-0.15, -0.1) is 10.2 Å². The molecule has 0 radical (unpaired) electrons. The highest BCUT2D eigenvalue weighted by atomic mass is 32.2. The van der Waals surface area contributed by atoms with Crippen LogP contribution in [0.25, 0.3) is 0 Å². The predicted molar refractivity (Wildman–Crippen MR) is 67.3 cm³/mol. The van der Waals surface area contributed by atoms with Crippen molar-refractivity contribution in [2.24, 2.45) is 5.73 Å². The number of rotatable bonds is 5. The van der Waals surface area contributed by atoms with E-state index in [4.69, 9.17) is 10.2 Å². The van der Waals surface area contributed by atoms with Crippen LogP contribution in [0.5, 0.6) is 0 Å². The molecule has 2 aromatic rings. The van der Waals surface area contributed by atoms with Gasteiger partial charge >= 0.3 is 5.97 Å². The van der Waals surface area contributed by atoms with Crippen LogP contribution in [0.4, 0.5) is 0 Å². The first-order valence-corrected chi connectivity index (χ1v) is 6.40. The minimum Gasteiger partial charge on any atom is -0.465 e. The first kappa shape index (κ1) is 13.5. The Kier molecular flexibility index (Phi) is 4.48. The van der Waals surface area contributed by atoms with E-state index in [9.17, 15) is 4.79 Å². The lowest BCUT2D eigenvalue weighted by Crippen LogP contribution is -2.02. The molecule has 0 saturated carbocycles. The van der Waals surface area contributed by atoms with Crippen LogP contribution in [0.2, 0.25) is 0 Å². The molecular weight excluding hydrogens is 268 g/mol. The van der Waals surface area contributed by atoms with Crippen molar-refractivity contribution < 1.29 is 13.9 Å². The summed E-state index contributed by atoms with van der Waals surface area (Å²) >= 11 is 1.36. The summed E-state index contributed by atoms with van der Waals surface area (Å²) in [4.78, 5) is 15.4. The van der Waals surface area contributed by atoms with E-state index < -0.39 is 5.97 Å². The summed E-state index contributed by atoms with van der Waals surface area (Å²) < 4.78 is 9.84. The number of pyridine rings is 1. The first-order chi connectivity index (χ1) is 9.22. The van der Waals surface area contributed by atoms with E-state index in [1.54, 1.807) is 12.1 Å². The van der Waals surface area contributed by atoms with E-state index in [-0.39, 0.29) is 6.54 Å². The van der Waals surface area contributed by atoms with Gasteiger partial charge in [-0.2, -0.15) is 0 Å². The van der Waals surface area contributed by atoms with Gasteiger partial charge in [0.1, 0.15) is 0 Å². The van der Waals surface area contributed by atoms with E-state index in [1.807, 2.05) is 0 Å². The Balaban J connectivity index is 1.94. The molecular formula is C11H12N4O3S. The highest BCUT2D eigenvalue weighted by Gasteiger charge is 2.08. The molecule has 0 spiro atoms. The summed E-state index contributed by atoms with van der Waals surface area (Å²) in [6.07, 6.45) is 1.47. The monoisotopic (exact) mass is 280 g/mol. The Labute approximate surface area is 113 Å². The van der Waals surface area contributed by atoms with Gasteiger partial charge in [0.15, 0.2) is 0 Å². The van der Waals surface area contributed by atoms with Gasteiger partial charge in [0, 0.05) is 11.9 Å². The second-order valence-electron chi connectivity index (χ2n) is 3.48. The van der Waals surface area contributed by atoms with Crippen molar-refractivity contribution >= 4 is 17.7 Å². The molecule has 0 aliphatic carbocycles. The van der Waals surface area contributed by atoms with Crippen LogP contribution < -0.4 is 5.73 Å². The zero-order valence-electron chi connectivity index (χ0n) is 10.2. The Morgan fingerprint density at radius 1 is 1.47 bits per heavy atom. The van der Waals surface area contributed by atoms with Gasteiger partial charge in [-0.25, -0.2) is 4.79 Å². The zero-order chi connectivity index (χ0) is 13.7. The van der Waals surface area contributed by atoms with Gasteiger partial charge in [-0.05, 0) is 12.1 Å². The highest BCUT2D eigenvalue weighted by Crippen LogP contribution is 2.20. The number of nitrogens with two attached hydrogens (primary N) is 1. The van der Waals surface area contributed by atoms with E-state index in [0.717, 1.165) is 5.69 Å². The van der Waals surface area contributed by atoms with E-state index in [2.05, 4.69) is 19.9 Å². The lowest BCUT2D eigenvalue weighted by Gasteiger charge is -2.00. The Morgan fingerprint density at radius 2 is 2.32 bits per heavy atom. The maximum Gasteiger partial charge on any atom is 0.339 e. The lowest BCUT2D eigenvalue weighted by molar-refractivity contribution is 0.0600. The SMILES string of the molecule is COC(=O)c1ccc(CSc2nnc(CN)o2)nc1. The van der Waals surface area contributed by atoms with Crippen LogP contribution in [0.1, 0.15) is 21.9 Å². The van der Waals surface area contributed by atoms with Crippen LogP contribution in [-0.2, 0) is 17.0 Å². The number of thioether (sulfide) groups is 1. The van der Waals surface area contributed by atoms with Crippen molar-refractivity contribution in [1.29, 1.82) is 0 Å². The van der Waals surface area contributed by atoms with Crippen molar-refractivity contribution in [3.05, 3.63) is 35.5 Å². The molecule has 100 valence electrons. The van der Waals surface area contributed by atoms with Crippen LogP contribution in [0.3, 0.4) is 0 Å². The number of hydrogen-bond acceptors (Lipinski definition) is 8. The van der Waals surface area contributed by atoms with Gasteiger partial charge in [-0.1, -0.05) is 11.8 Å². The molecule has 0 aliphatic heterocycles. The number of carbonyl (C=O) groups excluding carboxylic acids is 1. The highest BCUT2D eigenvalue weighted by molar-refractivity contribution is 7.98. The molecule has 2 N–H and O–H groups in total. The van der Waals surface area contributed by atoms with Gasteiger partial charge in [0.25, 0.3) is 5.22 Å². The fourth-order valence-electron chi connectivity index (χ4n) is 1.26. The van der Waals surface area contributed by atoms with E-state index >= 15 is 0 Å². The maximum atomic E-state index is 11.2. The van der Waals surface area contributed by atoms with Crippen molar-refractivity contribution in [3.63, 3.8) is 0 Å². The quantitative estimate of drug-likeness (QED) is 0.639. The van der Waals surface area contributed by atoms with Crippen molar-refractivity contribution in [1.82, 2.24) is 15.2 Å². The fourth-order valence-corrected chi connectivity index (χ4v) is 1.96. The normalized spacial score (nSPS) is 10.4. The molecule has 0 amide bonds. The number of nitrogens with zero attached hydrogens (tertiary/aromatic N) is 3. The van der Waals surface area contributed by atoms with Gasteiger partial charge in [0.2, 0.25) is 5.89 Å². The minimum atomic E-state index is -0.406. The Bertz CT molecular complexity index is 555. The number of esters is 1. The van der Waals surface area contributed by atoms with Crippen molar-refractivity contribution in [2.75, 3.05) is 7.11 Å². The molecule has 2 heterocycles. The summed E-state index contributed by atoms with van der Waals surface area (Å²) in [5.41, 5.74) is 6.58. The molecule has 0 aliphatic rings.